The predicted molar refractivity (Wildman–Crippen MR) is 70.9 cm³/mol. The second kappa shape index (κ2) is 4.93. The van der Waals surface area contributed by atoms with Gasteiger partial charge >= 0.3 is 0 Å². The summed E-state index contributed by atoms with van der Waals surface area (Å²) in [6, 6.07) is 0. The van der Waals surface area contributed by atoms with Crippen LogP contribution in [0.3, 0.4) is 0 Å². The van der Waals surface area contributed by atoms with Gasteiger partial charge in [0.15, 0.2) is 8.32 Å². The van der Waals surface area contributed by atoms with Gasteiger partial charge in [0.1, 0.15) is 0 Å². The largest absolute Gasteiger partial charge is 0.416 e. The number of halogens is 1. The Labute approximate surface area is 97.2 Å². The van der Waals surface area contributed by atoms with Crippen molar-refractivity contribution in [1.29, 1.82) is 0 Å². The molecule has 0 aliphatic heterocycles. The van der Waals surface area contributed by atoms with E-state index in [9.17, 15) is 0 Å². The molecular formula is C10H21IOSi. The van der Waals surface area contributed by atoms with Crippen molar-refractivity contribution in [2.24, 2.45) is 0 Å². The summed E-state index contributed by atoms with van der Waals surface area (Å²) in [5.74, 6) is 0. The molecule has 0 rings (SSSR count). The van der Waals surface area contributed by atoms with Crippen LogP contribution in [-0.2, 0) is 4.43 Å². The molecule has 13 heavy (non-hydrogen) atoms. The fraction of sp³-hybridized carbons (Fsp3) is 0.800. The Morgan fingerprint density at radius 2 is 1.85 bits per heavy atom. The molecule has 0 radical (unpaired) electrons. The highest BCUT2D eigenvalue weighted by Gasteiger charge is 2.36. The summed E-state index contributed by atoms with van der Waals surface area (Å²) >= 11 is 2.26. The molecule has 0 atom stereocenters. The third kappa shape index (κ3) is 5.17. The van der Waals surface area contributed by atoms with Gasteiger partial charge < -0.3 is 4.43 Å². The molecule has 0 aromatic heterocycles. The van der Waals surface area contributed by atoms with E-state index in [2.05, 4.69) is 63.0 Å². The summed E-state index contributed by atoms with van der Waals surface area (Å²) in [4.78, 5) is 0. The molecule has 0 aliphatic rings. The van der Waals surface area contributed by atoms with E-state index in [1.165, 1.54) is 3.58 Å². The zero-order valence-electron chi connectivity index (χ0n) is 9.41. The average molecular weight is 312 g/mol. The maximum Gasteiger partial charge on any atom is 0.191 e. The fourth-order valence-corrected chi connectivity index (χ4v) is 1.90. The molecule has 0 unspecified atom stereocenters. The zero-order valence-corrected chi connectivity index (χ0v) is 12.6. The molecule has 1 nitrogen and oxygen atoms in total. The van der Waals surface area contributed by atoms with Gasteiger partial charge in [0.05, 0.1) is 0 Å². The van der Waals surface area contributed by atoms with E-state index < -0.39 is 8.32 Å². The maximum absolute atomic E-state index is 5.98. The van der Waals surface area contributed by atoms with E-state index in [0.717, 1.165) is 13.0 Å². The molecule has 0 spiro atoms. The van der Waals surface area contributed by atoms with E-state index in [1.807, 2.05) is 0 Å². The zero-order chi connectivity index (χ0) is 10.7. The van der Waals surface area contributed by atoms with Crippen LogP contribution >= 0.6 is 22.6 Å². The Morgan fingerprint density at radius 1 is 1.38 bits per heavy atom. The van der Waals surface area contributed by atoms with E-state index in [4.69, 9.17) is 4.43 Å². The van der Waals surface area contributed by atoms with Gasteiger partial charge in [-0.05, 0) is 50.7 Å². The van der Waals surface area contributed by atoms with Crippen LogP contribution in [0, 0.1) is 0 Å². The van der Waals surface area contributed by atoms with Crippen LogP contribution in [0.1, 0.15) is 27.2 Å². The average Bonchev–Trinajstić information content (AvgIpc) is 1.82. The summed E-state index contributed by atoms with van der Waals surface area (Å²) in [5.41, 5.74) is 0. The Kier molecular flexibility index (Phi) is 5.18. The molecule has 0 fully saturated rings. The molecule has 78 valence electrons. The van der Waals surface area contributed by atoms with Crippen LogP contribution < -0.4 is 0 Å². The van der Waals surface area contributed by atoms with E-state index in [-0.39, 0.29) is 0 Å². The second-order valence-corrected chi connectivity index (χ2v) is 11.2. The topological polar surface area (TPSA) is 9.23 Å². The van der Waals surface area contributed by atoms with Crippen molar-refractivity contribution in [2.75, 3.05) is 6.61 Å². The summed E-state index contributed by atoms with van der Waals surface area (Å²) in [5, 5.41) is 0.319. The highest BCUT2D eigenvalue weighted by Crippen LogP contribution is 2.36. The third-order valence-corrected chi connectivity index (χ3v) is 7.72. The predicted octanol–water partition coefficient (Wildman–Crippen LogP) is 4.35. The van der Waals surface area contributed by atoms with Crippen molar-refractivity contribution in [3.8, 4) is 0 Å². The first kappa shape index (κ1) is 13.6. The fourth-order valence-electron chi connectivity index (χ4n) is 0.633. The van der Waals surface area contributed by atoms with Crippen LogP contribution in [0.15, 0.2) is 10.2 Å². The molecular weight excluding hydrogens is 291 g/mol. The standard InChI is InChI=1S/C10H21IOSi/c1-9(11)7-8-12-13(5,6)10(2,3)4/h1,7-8H2,2-6H3. The van der Waals surface area contributed by atoms with Crippen molar-refractivity contribution in [1.82, 2.24) is 0 Å². The third-order valence-electron chi connectivity index (χ3n) is 2.64. The van der Waals surface area contributed by atoms with Gasteiger partial charge in [0, 0.05) is 6.61 Å². The van der Waals surface area contributed by atoms with Gasteiger partial charge in [0.2, 0.25) is 0 Å². The number of hydrogen-bond acceptors (Lipinski definition) is 1. The minimum absolute atomic E-state index is 0.319. The first-order valence-corrected chi connectivity index (χ1v) is 8.63. The lowest BCUT2D eigenvalue weighted by atomic mass is 10.2. The molecule has 0 saturated heterocycles. The van der Waals surface area contributed by atoms with Gasteiger partial charge in [-0.15, -0.1) is 0 Å². The Bertz CT molecular complexity index is 182. The van der Waals surface area contributed by atoms with Gasteiger partial charge in [-0.3, -0.25) is 0 Å². The molecule has 0 aliphatic carbocycles. The normalized spacial score (nSPS) is 13.1. The van der Waals surface area contributed by atoms with Crippen LogP contribution in [-0.4, -0.2) is 14.9 Å². The number of rotatable bonds is 4. The molecule has 0 bridgehead atoms. The summed E-state index contributed by atoms with van der Waals surface area (Å²) in [6.45, 7) is 16.0. The van der Waals surface area contributed by atoms with E-state index in [1.54, 1.807) is 0 Å². The van der Waals surface area contributed by atoms with Gasteiger partial charge in [-0.2, -0.15) is 0 Å². The van der Waals surface area contributed by atoms with Gasteiger partial charge in [-0.25, -0.2) is 0 Å². The summed E-state index contributed by atoms with van der Waals surface area (Å²) in [7, 11) is -1.52. The van der Waals surface area contributed by atoms with Crippen molar-refractivity contribution in [3.05, 3.63) is 10.2 Å². The smallest absolute Gasteiger partial charge is 0.191 e. The molecule has 0 heterocycles. The van der Waals surface area contributed by atoms with Crippen molar-refractivity contribution in [3.63, 3.8) is 0 Å². The molecule has 0 N–H and O–H groups in total. The molecule has 0 aromatic carbocycles. The SMILES string of the molecule is C=C(I)CCO[Si](C)(C)C(C)(C)C. The van der Waals surface area contributed by atoms with Gasteiger partial charge in [-0.1, -0.05) is 27.4 Å². The number of hydrogen-bond donors (Lipinski definition) is 0. The van der Waals surface area contributed by atoms with Gasteiger partial charge in [0.25, 0.3) is 0 Å². The Balaban J connectivity index is 3.97. The van der Waals surface area contributed by atoms with E-state index in [0.29, 0.717) is 5.04 Å². The monoisotopic (exact) mass is 312 g/mol. The minimum atomic E-state index is -1.52. The van der Waals surface area contributed by atoms with Crippen molar-refractivity contribution < 1.29 is 4.43 Å². The first-order chi connectivity index (χ1) is 5.67. The van der Waals surface area contributed by atoms with Crippen molar-refractivity contribution >= 4 is 30.9 Å². The van der Waals surface area contributed by atoms with Crippen LogP contribution in [0.25, 0.3) is 0 Å². The van der Waals surface area contributed by atoms with Crippen molar-refractivity contribution in [2.45, 2.75) is 45.3 Å². The summed E-state index contributed by atoms with van der Waals surface area (Å²) < 4.78 is 7.16. The highest BCUT2D eigenvalue weighted by atomic mass is 127. The molecule has 0 saturated carbocycles. The lowest BCUT2D eigenvalue weighted by Gasteiger charge is -2.36. The minimum Gasteiger partial charge on any atom is -0.416 e. The lowest BCUT2D eigenvalue weighted by molar-refractivity contribution is 0.294. The van der Waals surface area contributed by atoms with Crippen LogP contribution in [0.5, 0.6) is 0 Å². The quantitative estimate of drug-likeness (QED) is 0.554. The molecule has 3 heteroatoms. The highest BCUT2D eigenvalue weighted by molar-refractivity contribution is 14.1. The van der Waals surface area contributed by atoms with E-state index >= 15 is 0 Å². The van der Waals surface area contributed by atoms with Crippen LogP contribution in [0.4, 0.5) is 0 Å². The first-order valence-electron chi connectivity index (χ1n) is 4.64. The Hall–Kier alpha value is 0.647. The maximum atomic E-state index is 5.98. The Morgan fingerprint density at radius 3 is 2.15 bits per heavy atom. The lowest BCUT2D eigenvalue weighted by Crippen LogP contribution is -2.40. The molecule has 0 aromatic rings. The molecule has 0 amide bonds. The van der Waals surface area contributed by atoms with Crippen LogP contribution in [0.2, 0.25) is 18.1 Å². The second-order valence-electron chi connectivity index (χ2n) is 4.88. The summed E-state index contributed by atoms with van der Waals surface area (Å²) in [6.07, 6.45) is 0.979.